The summed E-state index contributed by atoms with van der Waals surface area (Å²) < 4.78 is 0. The zero-order chi connectivity index (χ0) is 14.9. The number of aromatic nitrogens is 2. The van der Waals surface area contributed by atoms with E-state index in [2.05, 4.69) is 9.97 Å². The molecular formula is C14H15N3O2S. The lowest BCUT2D eigenvalue weighted by atomic mass is 10.2. The molecule has 0 fully saturated rings. The second kappa shape index (κ2) is 5.50. The van der Waals surface area contributed by atoms with Crippen LogP contribution in [-0.4, -0.2) is 21.0 Å². The highest BCUT2D eigenvalue weighted by Gasteiger charge is 2.11. The molecule has 6 heteroatoms. The van der Waals surface area contributed by atoms with Crippen LogP contribution in [0.25, 0.3) is 0 Å². The number of nitrogen functional groups attached to an aromatic ring is 1. The standard InChI is InChI=1S/C14H15N3O2S/c1-7-8(2)16-14(17-9(7)3)20-12-6-10(13(18)19)4-5-11(12)15/h4-6H,15H2,1-3H3,(H,18,19). The number of anilines is 1. The number of hydrogen-bond acceptors (Lipinski definition) is 5. The van der Waals surface area contributed by atoms with Crippen molar-refractivity contribution in [1.82, 2.24) is 9.97 Å². The predicted molar refractivity (Wildman–Crippen MR) is 78.2 cm³/mol. The molecule has 20 heavy (non-hydrogen) atoms. The van der Waals surface area contributed by atoms with Gasteiger partial charge in [0, 0.05) is 22.0 Å². The average Bonchev–Trinajstić information content (AvgIpc) is 2.38. The van der Waals surface area contributed by atoms with E-state index in [1.165, 1.54) is 23.9 Å². The number of hydrogen-bond donors (Lipinski definition) is 2. The van der Waals surface area contributed by atoms with Crippen LogP contribution >= 0.6 is 11.8 Å². The van der Waals surface area contributed by atoms with Gasteiger partial charge in [0.2, 0.25) is 0 Å². The smallest absolute Gasteiger partial charge is 0.335 e. The molecule has 0 radical (unpaired) electrons. The molecule has 0 saturated carbocycles. The number of nitrogens with two attached hydrogens (primary N) is 1. The van der Waals surface area contributed by atoms with E-state index in [-0.39, 0.29) is 5.56 Å². The number of carboxylic acids is 1. The van der Waals surface area contributed by atoms with Gasteiger partial charge in [0.05, 0.1) is 5.56 Å². The monoisotopic (exact) mass is 289 g/mol. The second-order valence-corrected chi connectivity index (χ2v) is 5.47. The lowest BCUT2D eigenvalue weighted by molar-refractivity contribution is 0.0696. The Morgan fingerprint density at radius 3 is 2.35 bits per heavy atom. The van der Waals surface area contributed by atoms with Crippen molar-refractivity contribution in [2.45, 2.75) is 30.8 Å². The molecule has 2 rings (SSSR count). The third kappa shape index (κ3) is 2.91. The van der Waals surface area contributed by atoms with Crippen LogP contribution in [0.3, 0.4) is 0 Å². The van der Waals surface area contributed by atoms with E-state index >= 15 is 0 Å². The van der Waals surface area contributed by atoms with Crippen LogP contribution in [0.5, 0.6) is 0 Å². The molecule has 0 saturated heterocycles. The van der Waals surface area contributed by atoms with Crippen LogP contribution in [0.4, 0.5) is 5.69 Å². The van der Waals surface area contributed by atoms with Gasteiger partial charge in [-0.25, -0.2) is 14.8 Å². The Balaban J connectivity index is 2.39. The number of nitrogens with zero attached hydrogens (tertiary/aromatic N) is 2. The molecule has 0 aliphatic heterocycles. The molecule has 1 heterocycles. The fourth-order valence-corrected chi connectivity index (χ4v) is 2.57. The van der Waals surface area contributed by atoms with Crippen molar-refractivity contribution in [3.8, 4) is 0 Å². The maximum atomic E-state index is 11.0. The highest BCUT2D eigenvalue weighted by Crippen LogP contribution is 2.31. The van der Waals surface area contributed by atoms with Crippen molar-refractivity contribution >= 4 is 23.4 Å². The maximum Gasteiger partial charge on any atom is 0.335 e. The van der Waals surface area contributed by atoms with Gasteiger partial charge in [-0.15, -0.1) is 0 Å². The molecule has 2 aromatic rings. The van der Waals surface area contributed by atoms with E-state index in [0.29, 0.717) is 15.7 Å². The molecule has 0 bridgehead atoms. The first-order chi connectivity index (χ1) is 9.38. The summed E-state index contributed by atoms with van der Waals surface area (Å²) in [6, 6.07) is 4.60. The molecule has 0 unspecified atom stereocenters. The van der Waals surface area contributed by atoms with Gasteiger partial charge in [0.25, 0.3) is 0 Å². The number of rotatable bonds is 3. The number of aromatic carboxylic acids is 1. The van der Waals surface area contributed by atoms with Crippen molar-refractivity contribution in [2.75, 3.05) is 5.73 Å². The van der Waals surface area contributed by atoms with Gasteiger partial charge in [0.1, 0.15) is 0 Å². The van der Waals surface area contributed by atoms with E-state index in [1.54, 1.807) is 6.07 Å². The predicted octanol–water partition coefficient (Wildman–Crippen LogP) is 2.83. The van der Waals surface area contributed by atoms with Crippen molar-refractivity contribution in [1.29, 1.82) is 0 Å². The van der Waals surface area contributed by atoms with E-state index in [1.807, 2.05) is 20.8 Å². The number of benzene rings is 1. The minimum atomic E-state index is -0.982. The summed E-state index contributed by atoms with van der Waals surface area (Å²) in [6.07, 6.45) is 0. The number of aryl methyl sites for hydroxylation is 2. The Labute approximate surface area is 121 Å². The quantitative estimate of drug-likeness (QED) is 0.667. The van der Waals surface area contributed by atoms with Crippen molar-refractivity contribution < 1.29 is 9.90 Å². The molecule has 5 nitrogen and oxygen atoms in total. The van der Waals surface area contributed by atoms with Gasteiger partial charge in [0.15, 0.2) is 5.16 Å². The molecule has 0 spiro atoms. The summed E-state index contributed by atoms with van der Waals surface area (Å²) in [6.45, 7) is 5.81. The molecule has 1 aromatic heterocycles. The van der Waals surface area contributed by atoms with Crippen molar-refractivity contribution in [3.05, 3.63) is 40.7 Å². The minimum Gasteiger partial charge on any atom is -0.478 e. The minimum absolute atomic E-state index is 0.197. The Bertz CT molecular complexity index is 663. The molecule has 104 valence electrons. The Kier molecular flexibility index (Phi) is 3.94. The highest BCUT2D eigenvalue weighted by atomic mass is 32.2. The third-order valence-corrected chi connectivity index (χ3v) is 4.01. The zero-order valence-electron chi connectivity index (χ0n) is 11.5. The SMILES string of the molecule is Cc1nc(Sc2cc(C(=O)O)ccc2N)nc(C)c1C. The summed E-state index contributed by atoms with van der Waals surface area (Å²) in [5.41, 5.74) is 9.46. The van der Waals surface area contributed by atoms with Crippen LogP contribution in [0, 0.1) is 20.8 Å². The van der Waals surface area contributed by atoms with Crippen LogP contribution in [0.1, 0.15) is 27.3 Å². The largest absolute Gasteiger partial charge is 0.478 e. The van der Waals surface area contributed by atoms with Gasteiger partial charge in [-0.3, -0.25) is 0 Å². The summed E-state index contributed by atoms with van der Waals surface area (Å²) in [7, 11) is 0. The summed E-state index contributed by atoms with van der Waals surface area (Å²) in [4.78, 5) is 20.4. The van der Waals surface area contributed by atoms with Crippen LogP contribution in [0.2, 0.25) is 0 Å². The number of carboxylic acid groups (broad SMARTS) is 1. The van der Waals surface area contributed by atoms with Gasteiger partial charge < -0.3 is 10.8 Å². The lowest BCUT2D eigenvalue weighted by Gasteiger charge is -2.08. The van der Waals surface area contributed by atoms with Crippen LogP contribution in [0.15, 0.2) is 28.3 Å². The Hall–Kier alpha value is -2.08. The summed E-state index contributed by atoms with van der Waals surface area (Å²) in [5.74, 6) is -0.982. The van der Waals surface area contributed by atoms with Gasteiger partial charge in [-0.1, -0.05) is 0 Å². The summed E-state index contributed by atoms with van der Waals surface area (Å²) >= 11 is 1.27. The molecule has 1 aromatic carbocycles. The normalized spacial score (nSPS) is 10.6. The van der Waals surface area contributed by atoms with Gasteiger partial charge >= 0.3 is 5.97 Å². The molecule has 0 atom stereocenters. The first-order valence-electron chi connectivity index (χ1n) is 6.01. The summed E-state index contributed by atoms with van der Waals surface area (Å²) in [5, 5.41) is 9.58. The van der Waals surface area contributed by atoms with E-state index in [4.69, 9.17) is 10.8 Å². The maximum absolute atomic E-state index is 11.0. The van der Waals surface area contributed by atoms with Crippen LogP contribution < -0.4 is 5.73 Å². The Morgan fingerprint density at radius 1 is 1.20 bits per heavy atom. The first kappa shape index (κ1) is 14.3. The fraction of sp³-hybridized carbons (Fsp3) is 0.214. The number of carbonyl (C=O) groups is 1. The van der Waals surface area contributed by atoms with Gasteiger partial charge in [-0.05, 0) is 56.3 Å². The average molecular weight is 289 g/mol. The molecule has 0 aliphatic carbocycles. The topological polar surface area (TPSA) is 89.1 Å². The first-order valence-corrected chi connectivity index (χ1v) is 6.82. The molecule has 0 amide bonds. The Morgan fingerprint density at radius 2 is 1.80 bits per heavy atom. The second-order valence-electron chi connectivity index (χ2n) is 4.46. The van der Waals surface area contributed by atoms with Gasteiger partial charge in [-0.2, -0.15) is 0 Å². The zero-order valence-corrected chi connectivity index (χ0v) is 12.3. The van der Waals surface area contributed by atoms with E-state index < -0.39 is 5.97 Å². The fourth-order valence-electron chi connectivity index (χ4n) is 1.64. The molecule has 3 N–H and O–H groups in total. The van der Waals surface area contributed by atoms with Crippen molar-refractivity contribution in [3.63, 3.8) is 0 Å². The molecule has 0 aliphatic rings. The third-order valence-electron chi connectivity index (χ3n) is 3.07. The highest BCUT2D eigenvalue weighted by molar-refractivity contribution is 7.99. The van der Waals surface area contributed by atoms with E-state index in [9.17, 15) is 4.79 Å². The van der Waals surface area contributed by atoms with E-state index in [0.717, 1.165) is 17.0 Å². The molecular weight excluding hydrogens is 274 g/mol. The van der Waals surface area contributed by atoms with Crippen molar-refractivity contribution in [2.24, 2.45) is 0 Å². The lowest BCUT2D eigenvalue weighted by Crippen LogP contribution is -2.00. The van der Waals surface area contributed by atoms with Crippen LogP contribution in [-0.2, 0) is 0 Å².